The van der Waals surface area contributed by atoms with E-state index in [4.69, 9.17) is 9.47 Å². The molecule has 0 saturated carbocycles. The van der Waals surface area contributed by atoms with Crippen molar-refractivity contribution >= 4 is 11.8 Å². The van der Waals surface area contributed by atoms with Gasteiger partial charge in [0.2, 0.25) is 5.16 Å². The largest absolute Gasteiger partial charge is 0.354 e. The van der Waals surface area contributed by atoms with Gasteiger partial charge in [-0.05, 0) is 43.3 Å². The van der Waals surface area contributed by atoms with E-state index in [2.05, 4.69) is 27.5 Å². The number of hydrogen-bond donors (Lipinski definition) is 0. The molecule has 0 spiro atoms. The third kappa shape index (κ3) is 4.91. The number of nitrogens with zero attached hydrogens (tertiary/aromatic N) is 5. The predicted molar refractivity (Wildman–Crippen MR) is 81.2 cm³/mol. The highest BCUT2D eigenvalue weighted by molar-refractivity contribution is 7.99. The highest BCUT2D eigenvalue weighted by atomic mass is 32.2. The van der Waals surface area contributed by atoms with E-state index in [0.717, 1.165) is 10.9 Å². The molecule has 21 heavy (non-hydrogen) atoms. The highest BCUT2D eigenvalue weighted by Crippen LogP contribution is 2.22. The second kappa shape index (κ2) is 8.67. The van der Waals surface area contributed by atoms with Crippen LogP contribution in [0, 0.1) is 0 Å². The Morgan fingerprint density at radius 3 is 2.86 bits per heavy atom. The monoisotopic (exact) mass is 315 g/mol. The molecule has 2 rings (SSSR count). The molecule has 2 heterocycles. The summed E-state index contributed by atoms with van der Waals surface area (Å²) in [6.45, 7) is 1.72. The summed E-state index contributed by atoms with van der Waals surface area (Å²) in [5, 5.41) is 12.6. The van der Waals surface area contributed by atoms with Gasteiger partial charge in [-0.15, -0.1) is 5.10 Å². The molecule has 1 unspecified atom stereocenters. The van der Waals surface area contributed by atoms with Crippen LogP contribution in [0.4, 0.5) is 0 Å². The molecule has 0 N–H and O–H groups in total. The normalized spacial score (nSPS) is 20.3. The summed E-state index contributed by atoms with van der Waals surface area (Å²) >= 11 is 1.70. The van der Waals surface area contributed by atoms with E-state index in [1.807, 2.05) is 0 Å². The molecule has 1 atom stereocenters. The Labute approximate surface area is 130 Å². The molecule has 1 aliphatic heterocycles. The molecular weight excluding hydrogens is 290 g/mol. The first-order valence-corrected chi connectivity index (χ1v) is 8.38. The summed E-state index contributed by atoms with van der Waals surface area (Å²) < 4.78 is 12.1. The predicted octanol–water partition coefficient (Wildman–Crippen LogP) is 1.26. The molecule has 7 nitrogen and oxygen atoms in total. The average molecular weight is 315 g/mol. The quantitative estimate of drug-likeness (QED) is 0.528. The van der Waals surface area contributed by atoms with Gasteiger partial charge in [-0.2, -0.15) is 0 Å². The fourth-order valence-corrected chi connectivity index (χ4v) is 3.52. The Bertz CT molecular complexity index is 413. The number of piperidine rings is 1. The number of thioether (sulfide) groups is 1. The van der Waals surface area contributed by atoms with Gasteiger partial charge in [0.25, 0.3) is 0 Å². The van der Waals surface area contributed by atoms with Crippen LogP contribution in [0.5, 0.6) is 0 Å². The minimum atomic E-state index is -0.322. The highest BCUT2D eigenvalue weighted by Gasteiger charge is 2.19. The molecule has 1 aromatic heterocycles. The third-order valence-electron chi connectivity index (χ3n) is 3.95. The van der Waals surface area contributed by atoms with E-state index >= 15 is 0 Å². The van der Waals surface area contributed by atoms with Crippen LogP contribution in [-0.2, 0) is 16.0 Å². The summed E-state index contributed by atoms with van der Waals surface area (Å²) in [7, 11) is 5.45. The first-order valence-electron chi connectivity index (χ1n) is 7.39. The molecular formula is C13H25N5O2S. The van der Waals surface area contributed by atoms with E-state index in [9.17, 15) is 0 Å². The van der Waals surface area contributed by atoms with Crippen molar-refractivity contribution in [3.05, 3.63) is 0 Å². The average Bonchev–Trinajstić information content (AvgIpc) is 2.94. The summed E-state index contributed by atoms with van der Waals surface area (Å²) in [5.74, 6) is 1.03. The van der Waals surface area contributed by atoms with Crippen LogP contribution >= 0.6 is 11.8 Å². The van der Waals surface area contributed by atoms with E-state index in [1.165, 1.54) is 32.2 Å². The zero-order valence-corrected chi connectivity index (χ0v) is 13.9. The Morgan fingerprint density at radius 2 is 2.14 bits per heavy atom. The smallest absolute Gasteiger partial charge is 0.209 e. The van der Waals surface area contributed by atoms with Gasteiger partial charge in [-0.1, -0.05) is 18.2 Å². The van der Waals surface area contributed by atoms with Crippen molar-refractivity contribution in [1.82, 2.24) is 25.1 Å². The lowest BCUT2D eigenvalue weighted by Gasteiger charge is -2.32. The SMILES string of the molecule is COC(Cn1nnnc1SCCC1CCCCN1C)OC. The van der Waals surface area contributed by atoms with Crippen molar-refractivity contribution < 1.29 is 9.47 Å². The van der Waals surface area contributed by atoms with Gasteiger partial charge in [-0.25, -0.2) is 4.68 Å². The van der Waals surface area contributed by atoms with Crippen molar-refractivity contribution in [3.8, 4) is 0 Å². The molecule has 0 radical (unpaired) electrons. The number of likely N-dealkylation sites (tertiary alicyclic amines) is 1. The fraction of sp³-hybridized carbons (Fsp3) is 0.923. The van der Waals surface area contributed by atoms with E-state index in [1.54, 1.807) is 30.7 Å². The van der Waals surface area contributed by atoms with Crippen LogP contribution < -0.4 is 0 Å². The number of methoxy groups -OCH3 is 2. The summed E-state index contributed by atoms with van der Waals surface area (Å²) in [5.41, 5.74) is 0. The number of aromatic nitrogens is 4. The molecule has 1 saturated heterocycles. The molecule has 1 fully saturated rings. The number of ether oxygens (including phenoxy) is 2. The van der Waals surface area contributed by atoms with Crippen molar-refractivity contribution in [2.45, 2.75) is 49.7 Å². The maximum atomic E-state index is 5.19. The minimum Gasteiger partial charge on any atom is -0.354 e. The molecule has 0 aliphatic carbocycles. The van der Waals surface area contributed by atoms with Gasteiger partial charge in [0, 0.05) is 26.0 Å². The van der Waals surface area contributed by atoms with E-state index in [-0.39, 0.29) is 6.29 Å². The van der Waals surface area contributed by atoms with Crippen LogP contribution in [0.25, 0.3) is 0 Å². The van der Waals surface area contributed by atoms with Crippen molar-refractivity contribution in [1.29, 1.82) is 0 Å². The summed E-state index contributed by atoms with van der Waals surface area (Å²) in [6.07, 6.45) is 4.83. The van der Waals surface area contributed by atoms with Crippen LogP contribution in [0.15, 0.2) is 5.16 Å². The molecule has 0 bridgehead atoms. The second-order valence-corrected chi connectivity index (χ2v) is 6.37. The molecule has 1 aromatic rings. The molecule has 0 aromatic carbocycles. The lowest BCUT2D eigenvalue weighted by Crippen LogP contribution is -2.36. The van der Waals surface area contributed by atoms with Gasteiger partial charge in [0.05, 0.1) is 6.54 Å². The third-order valence-corrected chi connectivity index (χ3v) is 4.94. The fourth-order valence-electron chi connectivity index (χ4n) is 2.60. The minimum absolute atomic E-state index is 0.322. The summed E-state index contributed by atoms with van der Waals surface area (Å²) in [6, 6.07) is 0.696. The first kappa shape index (κ1) is 16.7. The Hall–Kier alpha value is -0.700. The van der Waals surface area contributed by atoms with Gasteiger partial charge in [0.1, 0.15) is 0 Å². The van der Waals surface area contributed by atoms with Crippen LogP contribution in [0.1, 0.15) is 25.7 Å². The molecule has 1 aliphatic rings. The van der Waals surface area contributed by atoms with Gasteiger partial charge >= 0.3 is 0 Å². The van der Waals surface area contributed by atoms with Crippen LogP contribution in [0.2, 0.25) is 0 Å². The lowest BCUT2D eigenvalue weighted by molar-refractivity contribution is -0.113. The van der Waals surface area contributed by atoms with E-state index in [0.29, 0.717) is 12.6 Å². The van der Waals surface area contributed by atoms with Gasteiger partial charge in [-0.3, -0.25) is 0 Å². The molecule has 8 heteroatoms. The topological polar surface area (TPSA) is 65.3 Å². The number of tetrazole rings is 1. The van der Waals surface area contributed by atoms with Crippen molar-refractivity contribution in [2.24, 2.45) is 0 Å². The number of hydrogen-bond acceptors (Lipinski definition) is 7. The maximum absolute atomic E-state index is 5.19. The zero-order valence-electron chi connectivity index (χ0n) is 13.1. The molecule has 0 amide bonds. The zero-order chi connectivity index (χ0) is 15.1. The van der Waals surface area contributed by atoms with Crippen LogP contribution in [0.3, 0.4) is 0 Å². The number of rotatable bonds is 8. The van der Waals surface area contributed by atoms with Gasteiger partial charge in [0.15, 0.2) is 6.29 Å². The first-order chi connectivity index (χ1) is 10.2. The standard InChI is InChI=1S/C13H25N5O2S/c1-17-8-5-4-6-11(17)7-9-21-13-14-15-16-18(13)10-12(19-2)20-3/h11-12H,4-10H2,1-3H3. The Kier molecular flexibility index (Phi) is 6.88. The van der Waals surface area contributed by atoms with E-state index < -0.39 is 0 Å². The van der Waals surface area contributed by atoms with Crippen LogP contribution in [-0.4, -0.2) is 71.0 Å². The van der Waals surface area contributed by atoms with Crippen molar-refractivity contribution in [3.63, 3.8) is 0 Å². The van der Waals surface area contributed by atoms with Gasteiger partial charge < -0.3 is 14.4 Å². The lowest BCUT2D eigenvalue weighted by atomic mass is 10.0. The Morgan fingerprint density at radius 1 is 1.33 bits per heavy atom. The maximum Gasteiger partial charge on any atom is 0.209 e. The van der Waals surface area contributed by atoms with Crippen molar-refractivity contribution in [2.75, 3.05) is 33.6 Å². The second-order valence-electron chi connectivity index (χ2n) is 5.31. The summed E-state index contributed by atoms with van der Waals surface area (Å²) in [4.78, 5) is 2.47. The Balaban J connectivity index is 1.79. The molecule has 120 valence electrons.